The monoisotopic (exact) mass is 380 g/mol. The maximum Gasteiger partial charge on any atom is 0.151 e. The van der Waals surface area contributed by atoms with E-state index < -0.39 is 5.67 Å². The number of aliphatic imine (C=N–C) groups is 2. The van der Waals surface area contributed by atoms with Gasteiger partial charge in [-0.25, -0.2) is 9.38 Å². The lowest BCUT2D eigenvalue weighted by Crippen LogP contribution is -2.26. The molecule has 0 aromatic heterocycles. The lowest BCUT2D eigenvalue weighted by atomic mass is 9.96. The molecule has 26 heavy (non-hydrogen) atoms. The molecule has 0 heterocycles. The van der Waals surface area contributed by atoms with Crippen molar-refractivity contribution in [3.63, 3.8) is 0 Å². The summed E-state index contributed by atoms with van der Waals surface area (Å²) < 4.78 is 14.4. The summed E-state index contributed by atoms with van der Waals surface area (Å²) in [5.74, 6) is 0.598. The number of benzene rings is 1. The maximum atomic E-state index is 14.4. The first-order valence-electron chi connectivity index (χ1n) is 8.95. The second-order valence-electron chi connectivity index (χ2n) is 6.27. The van der Waals surface area contributed by atoms with Crippen molar-refractivity contribution in [2.75, 3.05) is 12.5 Å². The Kier molecular flexibility index (Phi) is 9.52. The van der Waals surface area contributed by atoms with E-state index in [-0.39, 0.29) is 6.54 Å². The Morgan fingerprint density at radius 1 is 1.38 bits per heavy atom. The Morgan fingerprint density at radius 2 is 2.12 bits per heavy atom. The van der Waals surface area contributed by atoms with Crippen molar-refractivity contribution in [3.05, 3.63) is 46.7 Å². The van der Waals surface area contributed by atoms with Gasteiger partial charge in [0.25, 0.3) is 0 Å². The lowest BCUT2D eigenvalue weighted by Gasteiger charge is -2.19. The molecule has 1 aromatic carbocycles. The normalized spacial score (nSPS) is 15.2. The van der Waals surface area contributed by atoms with Crippen molar-refractivity contribution >= 4 is 24.2 Å². The molecule has 0 spiro atoms. The van der Waals surface area contributed by atoms with Crippen LogP contribution in [0.15, 0.2) is 45.5 Å². The van der Waals surface area contributed by atoms with Crippen molar-refractivity contribution in [2.45, 2.75) is 52.2 Å². The Labute approximate surface area is 161 Å². The molecule has 0 bridgehead atoms. The average molecular weight is 381 g/mol. The van der Waals surface area contributed by atoms with Gasteiger partial charge in [-0.1, -0.05) is 44.5 Å². The second-order valence-corrected chi connectivity index (χ2v) is 6.54. The summed E-state index contributed by atoms with van der Waals surface area (Å²) in [4.78, 5) is 8.72. The predicted molar refractivity (Wildman–Crippen MR) is 111 cm³/mol. The van der Waals surface area contributed by atoms with Gasteiger partial charge in [0.15, 0.2) is 5.84 Å². The van der Waals surface area contributed by atoms with Crippen LogP contribution in [0.3, 0.4) is 0 Å². The molecule has 0 aliphatic heterocycles. The molecule has 144 valence electrons. The van der Waals surface area contributed by atoms with Gasteiger partial charge in [0, 0.05) is 17.8 Å². The third-order valence-corrected chi connectivity index (χ3v) is 4.37. The highest BCUT2D eigenvalue weighted by Crippen LogP contribution is 2.25. The zero-order chi connectivity index (χ0) is 19.6. The molecule has 0 aliphatic carbocycles. The molecule has 1 unspecified atom stereocenters. The molecule has 0 radical (unpaired) electrons. The Balaban J connectivity index is 3.14. The van der Waals surface area contributed by atoms with E-state index in [1.54, 1.807) is 12.1 Å². The van der Waals surface area contributed by atoms with Crippen molar-refractivity contribution in [1.29, 1.82) is 0 Å². The number of nitrogens with one attached hydrogen (secondary N) is 1. The lowest BCUT2D eigenvalue weighted by molar-refractivity contribution is 0.203. The summed E-state index contributed by atoms with van der Waals surface area (Å²) in [5.41, 5.74) is 7.50. The molecule has 1 aromatic rings. The molecular formula is C20H30ClFN4. The minimum absolute atomic E-state index is 0.0631. The van der Waals surface area contributed by atoms with Gasteiger partial charge in [-0.15, -0.1) is 11.6 Å². The summed E-state index contributed by atoms with van der Waals surface area (Å²) in [7, 11) is 0. The van der Waals surface area contributed by atoms with Crippen LogP contribution in [-0.2, 0) is 12.2 Å². The first-order valence-corrected chi connectivity index (χ1v) is 9.48. The molecule has 6 heteroatoms. The van der Waals surface area contributed by atoms with Crippen molar-refractivity contribution < 1.29 is 4.39 Å². The minimum atomic E-state index is -1.55. The van der Waals surface area contributed by atoms with Gasteiger partial charge in [0.2, 0.25) is 0 Å². The van der Waals surface area contributed by atoms with Crippen molar-refractivity contribution in [1.82, 2.24) is 5.32 Å². The number of allylic oxidation sites excluding steroid dienone is 1. The molecule has 0 fully saturated rings. The molecule has 1 rings (SSSR count). The molecule has 0 saturated heterocycles. The number of hydrogen-bond donors (Lipinski definition) is 2. The van der Waals surface area contributed by atoms with Crippen LogP contribution in [0.5, 0.6) is 0 Å². The molecule has 4 nitrogen and oxygen atoms in total. The Bertz CT molecular complexity index is 645. The summed E-state index contributed by atoms with van der Waals surface area (Å²) in [6.45, 7) is 9.64. The highest BCUT2D eigenvalue weighted by molar-refractivity contribution is 6.17. The number of nitrogens with zero attached hydrogens (tertiary/aromatic N) is 2. The summed E-state index contributed by atoms with van der Waals surface area (Å²) in [6.07, 6.45) is 2.63. The average Bonchev–Trinajstić information content (AvgIpc) is 2.65. The van der Waals surface area contributed by atoms with E-state index in [0.717, 1.165) is 36.1 Å². The van der Waals surface area contributed by atoms with Gasteiger partial charge in [-0.3, -0.25) is 4.99 Å². The zero-order valence-corrected chi connectivity index (χ0v) is 16.7. The van der Waals surface area contributed by atoms with Crippen LogP contribution in [0, 0.1) is 0 Å². The van der Waals surface area contributed by atoms with Crippen LogP contribution < -0.4 is 11.1 Å². The van der Waals surface area contributed by atoms with E-state index in [4.69, 9.17) is 17.3 Å². The van der Waals surface area contributed by atoms with E-state index in [1.165, 1.54) is 6.92 Å². The molecule has 0 aliphatic rings. The van der Waals surface area contributed by atoms with E-state index in [2.05, 4.69) is 35.9 Å². The van der Waals surface area contributed by atoms with E-state index in [0.29, 0.717) is 23.9 Å². The van der Waals surface area contributed by atoms with Gasteiger partial charge in [0.1, 0.15) is 5.67 Å². The van der Waals surface area contributed by atoms with Crippen LogP contribution >= 0.6 is 11.6 Å². The molecule has 3 N–H and O–H groups in total. The smallest absolute Gasteiger partial charge is 0.151 e. The number of amidine groups is 1. The van der Waals surface area contributed by atoms with Crippen LogP contribution in [0.1, 0.15) is 51.2 Å². The minimum Gasteiger partial charge on any atom is -0.375 e. The number of rotatable bonds is 10. The molecular weight excluding hydrogens is 351 g/mol. The summed E-state index contributed by atoms with van der Waals surface area (Å²) in [6, 6.07) is 7.62. The third kappa shape index (κ3) is 6.22. The van der Waals surface area contributed by atoms with Crippen LogP contribution in [0.4, 0.5) is 4.39 Å². The maximum absolute atomic E-state index is 14.4. The largest absolute Gasteiger partial charge is 0.375 e. The van der Waals surface area contributed by atoms with E-state index in [1.807, 2.05) is 12.1 Å². The van der Waals surface area contributed by atoms with Gasteiger partial charge < -0.3 is 11.1 Å². The van der Waals surface area contributed by atoms with Gasteiger partial charge in [-0.05, 0) is 37.6 Å². The summed E-state index contributed by atoms with van der Waals surface area (Å²) >= 11 is 5.85. The Morgan fingerprint density at radius 3 is 2.65 bits per heavy atom. The van der Waals surface area contributed by atoms with Crippen LogP contribution in [-0.4, -0.2) is 25.1 Å². The highest BCUT2D eigenvalue weighted by atomic mass is 35.5. The van der Waals surface area contributed by atoms with Crippen LogP contribution in [0.2, 0.25) is 0 Å². The SMILES string of the molecule is C=NC(=NCc1cccc(C(C)(F)CN)c1)/C(CC)=C(/CCC)NCCl. The first-order chi connectivity index (χ1) is 12.4. The van der Waals surface area contributed by atoms with Crippen molar-refractivity contribution in [2.24, 2.45) is 15.7 Å². The van der Waals surface area contributed by atoms with Gasteiger partial charge in [0.05, 0.1) is 12.5 Å². The topological polar surface area (TPSA) is 62.8 Å². The van der Waals surface area contributed by atoms with Gasteiger partial charge in [-0.2, -0.15) is 0 Å². The standard InChI is InChI=1S/C20H30ClFN4/c1-5-8-18(26-14-21)17(6-2)19(24-4)25-12-15-9-7-10-16(11-15)20(3,22)13-23/h7,9-11,26H,4-6,8,12-14,23H2,1-3H3/b18-17-,25-19?. The quantitative estimate of drug-likeness (QED) is 0.268. The highest BCUT2D eigenvalue weighted by Gasteiger charge is 2.23. The number of hydrogen-bond acceptors (Lipinski definition) is 3. The number of nitrogens with two attached hydrogens (primary N) is 1. The fourth-order valence-corrected chi connectivity index (χ4v) is 2.86. The fraction of sp³-hybridized carbons (Fsp3) is 0.500. The fourth-order valence-electron chi connectivity index (χ4n) is 2.70. The molecule has 0 amide bonds. The third-order valence-electron chi connectivity index (χ3n) is 4.24. The molecule has 0 saturated carbocycles. The van der Waals surface area contributed by atoms with E-state index in [9.17, 15) is 4.39 Å². The van der Waals surface area contributed by atoms with Crippen LogP contribution in [0.25, 0.3) is 0 Å². The molecule has 1 atom stereocenters. The zero-order valence-electron chi connectivity index (χ0n) is 16.0. The first kappa shape index (κ1) is 22.3. The number of halogens is 2. The van der Waals surface area contributed by atoms with Gasteiger partial charge >= 0.3 is 0 Å². The predicted octanol–water partition coefficient (Wildman–Crippen LogP) is 4.68. The Hall–Kier alpha value is -1.72. The van der Waals surface area contributed by atoms with Crippen molar-refractivity contribution in [3.8, 4) is 0 Å². The van der Waals surface area contributed by atoms with E-state index >= 15 is 0 Å². The second kappa shape index (κ2) is 11.1. The number of alkyl halides is 2. The summed E-state index contributed by atoms with van der Waals surface area (Å²) in [5, 5.41) is 3.20.